The van der Waals surface area contributed by atoms with Gasteiger partial charge in [-0.15, -0.1) is 0 Å². The molecule has 1 N–H and O–H groups in total. The maximum atomic E-state index is 12.9. The quantitative estimate of drug-likeness (QED) is 0.562. The van der Waals surface area contributed by atoms with Gasteiger partial charge in [-0.1, -0.05) is 35.5 Å². The van der Waals surface area contributed by atoms with Crippen molar-refractivity contribution in [3.8, 4) is 11.4 Å². The van der Waals surface area contributed by atoms with Gasteiger partial charge in [0.2, 0.25) is 11.7 Å². The smallest absolute Gasteiger partial charge is 0.256 e. The third kappa shape index (κ3) is 3.03. The van der Waals surface area contributed by atoms with Crippen molar-refractivity contribution >= 4 is 22.5 Å². The third-order valence-corrected chi connectivity index (χ3v) is 5.01. The second-order valence-electron chi connectivity index (χ2n) is 7.09. The Bertz CT molecular complexity index is 1190. The molecule has 1 saturated carbocycles. The number of nitrogens with zero attached hydrogens (tertiary/aromatic N) is 3. The number of hydrogen-bond acceptors (Lipinski definition) is 5. The first kappa shape index (κ1) is 16.6. The van der Waals surface area contributed by atoms with Gasteiger partial charge in [0.25, 0.3) is 5.91 Å². The summed E-state index contributed by atoms with van der Waals surface area (Å²) in [4.78, 5) is 21.8. The maximum absolute atomic E-state index is 12.9. The van der Waals surface area contributed by atoms with Gasteiger partial charge in [0.05, 0.1) is 11.1 Å². The molecule has 0 atom stereocenters. The summed E-state index contributed by atoms with van der Waals surface area (Å²) in [6, 6.07) is 15.1. The number of amides is 1. The van der Waals surface area contributed by atoms with Crippen LogP contribution >= 0.6 is 0 Å². The summed E-state index contributed by atoms with van der Waals surface area (Å²) in [5.74, 6) is 1.48. The molecule has 2 aromatic carbocycles. The van der Waals surface area contributed by atoms with Crippen molar-refractivity contribution in [2.45, 2.75) is 25.7 Å². The highest BCUT2D eigenvalue weighted by atomic mass is 16.5. The molecule has 1 aliphatic rings. The minimum Gasteiger partial charge on any atom is -0.339 e. The lowest BCUT2D eigenvalue weighted by Crippen LogP contribution is -2.13. The molecule has 0 aliphatic heterocycles. The van der Waals surface area contributed by atoms with E-state index in [9.17, 15) is 4.79 Å². The van der Waals surface area contributed by atoms with E-state index < -0.39 is 0 Å². The van der Waals surface area contributed by atoms with E-state index in [0.717, 1.165) is 40.6 Å². The Labute approximate surface area is 161 Å². The van der Waals surface area contributed by atoms with Crippen LogP contribution in [0.5, 0.6) is 0 Å². The predicted octanol–water partition coefficient (Wildman–Crippen LogP) is 4.72. The van der Waals surface area contributed by atoms with Gasteiger partial charge >= 0.3 is 0 Å². The summed E-state index contributed by atoms with van der Waals surface area (Å²) in [6.07, 6.45) is 3.87. The number of nitrogens with one attached hydrogen (secondary N) is 1. The van der Waals surface area contributed by atoms with Crippen LogP contribution in [0.3, 0.4) is 0 Å². The molecule has 0 spiro atoms. The van der Waals surface area contributed by atoms with Gasteiger partial charge < -0.3 is 9.84 Å². The average Bonchev–Trinajstić information content (AvgIpc) is 3.46. The number of fused-ring (bicyclic) bond motifs is 1. The van der Waals surface area contributed by atoms with Crippen LogP contribution in [0.4, 0.5) is 5.69 Å². The van der Waals surface area contributed by atoms with Crippen LogP contribution in [-0.2, 0) is 0 Å². The van der Waals surface area contributed by atoms with E-state index in [-0.39, 0.29) is 5.91 Å². The van der Waals surface area contributed by atoms with E-state index in [1.807, 2.05) is 49.4 Å². The van der Waals surface area contributed by atoms with Crippen LogP contribution in [0, 0.1) is 6.92 Å². The summed E-state index contributed by atoms with van der Waals surface area (Å²) >= 11 is 0. The van der Waals surface area contributed by atoms with Gasteiger partial charge in [-0.05, 0) is 43.5 Å². The van der Waals surface area contributed by atoms with Crippen molar-refractivity contribution < 1.29 is 9.32 Å². The zero-order chi connectivity index (χ0) is 19.1. The molecule has 2 heterocycles. The van der Waals surface area contributed by atoms with Crippen molar-refractivity contribution in [3.63, 3.8) is 0 Å². The summed E-state index contributed by atoms with van der Waals surface area (Å²) in [6.45, 7) is 1.95. The zero-order valence-electron chi connectivity index (χ0n) is 15.3. The highest BCUT2D eigenvalue weighted by Gasteiger charge is 2.29. The summed E-state index contributed by atoms with van der Waals surface area (Å²) < 4.78 is 5.36. The topological polar surface area (TPSA) is 80.9 Å². The van der Waals surface area contributed by atoms with Crippen molar-refractivity contribution in [2.24, 2.45) is 0 Å². The number of aryl methyl sites for hydroxylation is 1. The fourth-order valence-electron chi connectivity index (χ4n) is 3.23. The molecule has 2 aromatic heterocycles. The average molecular weight is 370 g/mol. The second-order valence-corrected chi connectivity index (χ2v) is 7.09. The fraction of sp³-hybridized carbons (Fsp3) is 0.182. The highest BCUT2D eigenvalue weighted by molar-refractivity contribution is 6.12. The summed E-state index contributed by atoms with van der Waals surface area (Å²) in [5, 5.41) is 7.93. The first-order valence-electron chi connectivity index (χ1n) is 9.29. The van der Waals surface area contributed by atoms with Crippen molar-refractivity contribution in [3.05, 3.63) is 71.7 Å². The number of anilines is 1. The van der Waals surface area contributed by atoms with Crippen LogP contribution in [0.25, 0.3) is 22.3 Å². The van der Waals surface area contributed by atoms with E-state index in [1.54, 1.807) is 12.3 Å². The number of benzene rings is 2. The molecule has 0 saturated heterocycles. The normalized spacial score (nSPS) is 13.6. The minimum absolute atomic E-state index is 0.175. The Morgan fingerprint density at radius 3 is 2.86 bits per heavy atom. The van der Waals surface area contributed by atoms with Crippen LogP contribution in [0.1, 0.15) is 40.6 Å². The lowest BCUT2D eigenvalue weighted by atomic mass is 10.1. The largest absolute Gasteiger partial charge is 0.339 e. The molecule has 4 aromatic rings. The number of aromatic nitrogens is 3. The Morgan fingerprint density at radius 1 is 1.14 bits per heavy atom. The van der Waals surface area contributed by atoms with E-state index in [4.69, 9.17) is 4.52 Å². The lowest BCUT2D eigenvalue weighted by Gasteiger charge is -2.11. The summed E-state index contributed by atoms with van der Waals surface area (Å²) in [5.41, 5.74) is 3.88. The fourth-order valence-corrected chi connectivity index (χ4v) is 3.23. The molecule has 0 bridgehead atoms. The molecule has 0 unspecified atom stereocenters. The second kappa shape index (κ2) is 6.56. The van der Waals surface area contributed by atoms with Crippen molar-refractivity contribution in [2.75, 3.05) is 5.32 Å². The van der Waals surface area contributed by atoms with Gasteiger partial charge in [-0.2, -0.15) is 4.98 Å². The number of carbonyl (C=O) groups is 1. The van der Waals surface area contributed by atoms with Gasteiger partial charge in [0, 0.05) is 28.8 Å². The van der Waals surface area contributed by atoms with E-state index in [0.29, 0.717) is 23.2 Å². The number of hydrogen-bond donors (Lipinski definition) is 1. The van der Waals surface area contributed by atoms with Gasteiger partial charge in [0.15, 0.2) is 0 Å². The van der Waals surface area contributed by atoms with Crippen LogP contribution in [0.15, 0.2) is 59.3 Å². The molecule has 1 fully saturated rings. The van der Waals surface area contributed by atoms with E-state index >= 15 is 0 Å². The monoisotopic (exact) mass is 370 g/mol. The van der Waals surface area contributed by atoms with Gasteiger partial charge in [-0.3, -0.25) is 9.78 Å². The zero-order valence-corrected chi connectivity index (χ0v) is 15.3. The maximum Gasteiger partial charge on any atom is 0.256 e. The molecule has 1 amide bonds. The lowest BCUT2D eigenvalue weighted by molar-refractivity contribution is 0.102. The molecule has 0 radical (unpaired) electrons. The van der Waals surface area contributed by atoms with Crippen LogP contribution < -0.4 is 5.32 Å². The molecule has 138 valence electrons. The number of para-hydroxylation sites is 1. The van der Waals surface area contributed by atoms with Crippen molar-refractivity contribution in [1.82, 2.24) is 15.1 Å². The molecule has 28 heavy (non-hydrogen) atoms. The van der Waals surface area contributed by atoms with E-state index in [1.165, 1.54) is 0 Å². The molecular formula is C22H18N4O2. The SMILES string of the molecule is Cc1ccc(-c2noc(C3CC3)n2)cc1NC(=O)c1ccnc2ccccc12. The first-order valence-corrected chi connectivity index (χ1v) is 9.29. The number of rotatable bonds is 4. The Balaban J connectivity index is 1.46. The Hall–Kier alpha value is -3.54. The van der Waals surface area contributed by atoms with Crippen LogP contribution in [-0.4, -0.2) is 21.0 Å². The van der Waals surface area contributed by atoms with Gasteiger partial charge in [0.1, 0.15) is 0 Å². The molecular weight excluding hydrogens is 352 g/mol. The highest BCUT2D eigenvalue weighted by Crippen LogP contribution is 2.39. The van der Waals surface area contributed by atoms with Crippen molar-refractivity contribution in [1.29, 1.82) is 0 Å². The molecule has 5 rings (SSSR count). The molecule has 6 heteroatoms. The predicted molar refractivity (Wildman–Crippen MR) is 106 cm³/mol. The summed E-state index contributed by atoms with van der Waals surface area (Å²) in [7, 11) is 0. The standard InChI is InChI=1S/C22H18N4O2/c1-13-6-7-15(20-25-22(28-26-20)14-8-9-14)12-19(13)24-21(27)17-10-11-23-18-5-3-2-4-16(17)18/h2-7,10-12,14H,8-9H2,1H3,(H,24,27). The third-order valence-electron chi connectivity index (χ3n) is 5.01. The minimum atomic E-state index is -0.175. The molecule has 1 aliphatic carbocycles. The van der Waals surface area contributed by atoms with Gasteiger partial charge in [-0.25, -0.2) is 0 Å². The first-order chi connectivity index (χ1) is 13.7. The van der Waals surface area contributed by atoms with Crippen LogP contribution in [0.2, 0.25) is 0 Å². The number of pyridine rings is 1. The Kier molecular flexibility index (Phi) is 3.90. The Morgan fingerprint density at radius 2 is 2.00 bits per heavy atom. The van der Waals surface area contributed by atoms with E-state index in [2.05, 4.69) is 20.4 Å². The molecule has 6 nitrogen and oxygen atoms in total. The number of carbonyl (C=O) groups excluding carboxylic acids is 1.